The summed E-state index contributed by atoms with van der Waals surface area (Å²) in [5.74, 6) is 1.13. The number of hydrogen-bond donors (Lipinski definition) is 2. The largest absolute Gasteiger partial charge is 0.380 e. The van der Waals surface area contributed by atoms with Gasteiger partial charge in [-0.05, 0) is 18.9 Å². The second-order valence-corrected chi connectivity index (χ2v) is 4.86. The Hall–Kier alpha value is -2.21. The number of benzene rings is 1. The number of carbonyl (C=O) groups excluding carboxylic acids is 1. The molecule has 2 aromatic rings. The van der Waals surface area contributed by atoms with Gasteiger partial charge in [-0.2, -0.15) is 0 Å². The number of H-pyrrole nitrogens is 1. The molecule has 6 heteroatoms. The third-order valence-electron chi connectivity index (χ3n) is 3.24. The van der Waals surface area contributed by atoms with E-state index < -0.39 is 0 Å². The molecule has 6 nitrogen and oxygen atoms in total. The second kappa shape index (κ2) is 5.42. The van der Waals surface area contributed by atoms with Gasteiger partial charge in [0, 0.05) is 24.3 Å². The highest BCUT2D eigenvalue weighted by molar-refractivity contribution is 6.01. The molecule has 0 unspecified atom stereocenters. The van der Waals surface area contributed by atoms with E-state index >= 15 is 0 Å². The summed E-state index contributed by atoms with van der Waals surface area (Å²) in [5, 5.41) is 9.62. The average Bonchev–Trinajstić information content (AvgIpc) is 3.19. The molecule has 1 aliphatic carbocycles. The number of ether oxygens (including phenoxy) is 1. The molecule has 0 saturated heterocycles. The summed E-state index contributed by atoms with van der Waals surface area (Å²) in [7, 11) is 1.62. The Balaban J connectivity index is 1.74. The van der Waals surface area contributed by atoms with Crippen LogP contribution in [0.2, 0.25) is 0 Å². The van der Waals surface area contributed by atoms with Crippen molar-refractivity contribution in [1.29, 1.82) is 0 Å². The lowest BCUT2D eigenvalue weighted by atomic mass is 10.2. The molecule has 20 heavy (non-hydrogen) atoms. The maximum Gasteiger partial charge on any atom is 0.295 e. The number of anilines is 1. The number of carbonyl (C=O) groups is 1. The fourth-order valence-electron chi connectivity index (χ4n) is 2.02. The van der Waals surface area contributed by atoms with Gasteiger partial charge in [0.15, 0.2) is 0 Å². The number of aromatic nitrogens is 3. The van der Waals surface area contributed by atoms with Crippen molar-refractivity contribution in [3.05, 3.63) is 41.5 Å². The number of amides is 1. The van der Waals surface area contributed by atoms with E-state index in [9.17, 15) is 4.79 Å². The zero-order chi connectivity index (χ0) is 13.9. The van der Waals surface area contributed by atoms with E-state index in [1.165, 1.54) is 0 Å². The maximum absolute atomic E-state index is 12.1. The molecule has 1 aromatic heterocycles. The van der Waals surface area contributed by atoms with Crippen LogP contribution in [-0.2, 0) is 11.3 Å². The van der Waals surface area contributed by atoms with Crippen LogP contribution in [0.3, 0.4) is 0 Å². The minimum atomic E-state index is -0.309. The summed E-state index contributed by atoms with van der Waals surface area (Å²) in [4.78, 5) is 16.4. The molecule has 0 bridgehead atoms. The normalized spacial score (nSPS) is 14.2. The standard InChI is InChI=1S/C14H16N4O2/c1-20-8-10-4-2-3-5-11(10)15-14(19)13-16-12(17-18-13)9-6-7-9/h2-5,9H,6-8H2,1H3,(H,15,19)(H,16,17,18). The first-order chi connectivity index (χ1) is 9.78. The molecule has 1 amide bonds. The Morgan fingerprint density at radius 3 is 3.00 bits per heavy atom. The quantitative estimate of drug-likeness (QED) is 0.873. The van der Waals surface area contributed by atoms with Crippen molar-refractivity contribution in [3.8, 4) is 0 Å². The van der Waals surface area contributed by atoms with E-state index in [1.807, 2.05) is 24.3 Å². The van der Waals surface area contributed by atoms with Crippen LogP contribution < -0.4 is 5.32 Å². The van der Waals surface area contributed by atoms with Crippen molar-refractivity contribution in [2.24, 2.45) is 0 Å². The summed E-state index contributed by atoms with van der Waals surface area (Å²) >= 11 is 0. The summed E-state index contributed by atoms with van der Waals surface area (Å²) in [6.07, 6.45) is 2.24. The third-order valence-corrected chi connectivity index (χ3v) is 3.24. The molecule has 1 saturated carbocycles. The van der Waals surface area contributed by atoms with Gasteiger partial charge in [0.1, 0.15) is 5.82 Å². The lowest BCUT2D eigenvalue weighted by Crippen LogP contribution is -2.15. The van der Waals surface area contributed by atoms with E-state index in [-0.39, 0.29) is 11.7 Å². The van der Waals surface area contributed by atoms with Crippen LogP contribution in [0.1, 0.15) is 40.8 Å². The summed E-state index contributed by atoms with van der Waals surface area (Å²) < 4.78 is 5.11. The lowest BCUT2D eigenvalue weighted by Gasteiger charge is -2.08. The van der Waals surface area contributed by atoms with Gasteiger partial charge in [-0.3, -0.25) is 9.89 Å². The fourth-order valence-corrected chi connectivity index (χ4v) is 2.02. The second-order valence-electron chi connectivity index (χ2n) is 4.86. The molecule has 0 spiro atoms. The van der Waals surface area contributed by atoms with Gasteiger partial charge in [-0.25, -0.2) is 4.98 Å². The molecule has 0 radical (unpaired) electrons. The van der Waals surface area contributed by atoms with Crippen molar-refractivity contribution in [1.82, 2.24) is 15.2 Å². The number of rotatable bonds is 5. The fraction of sp³-hybridized carbons (Fsp3) is 0.357. The summed E-state index contributed by atoms with van der Waals surface area (Å²) in [6, 6.07) is 7.51. The number of nitrogens with one attached hydrogen (secondary N) is 2. The van der Waals surface area contributed by atoms with Crippen molar-refractivity contribution in [2.45, 2.75) is 25.4 Å². The highest BCUT2D eigenvalue weighted by Gasteiger charge is 2.28. The predicted octanol–water partition coefficient (Wildman–Crippen LogP) is 2.08. The van der Waals surface area contributed by atoms with Gasteiger partial charge < -0.3 is 10.1 Å². The smallest absolute Gasteiger partial charge is 0.295 e. The van der Waals surface area contributed by atoms with Crippen LogP contribution in [0.15, 0.2) is 24.3 Å². The average molecular weight is 272 g/mol. The number of aromatic amines is 1. The topological polar surface area (TPSA) is 79.9 Å². The predicted molar refractivity (Wildman–Crippen MR) is 73.5 cm³/mol. The van der Waals surface area contributed by atoms with Gasteiger partial charge in [0.25, 0.3) is 5.91 Å². The first-order valence-corrected chi connectivity index (χ1v) is 6.58. The molecule has 1 aliphatic rings. The van der Waals surface area contributed by atoms with Crippen molar-refractivity contribution >= 4 is 11.6 Å². The Kier molecular flexibility index (Phi) is 3.47. The van der Waals surface area contributed by atoms with Crippen LogP contribution in [0.4, 0.5) is 5.69 Å². The van der Waals surface area contributed by atoms with Gasteiger partial charge in [-0.1, -0.05) is 18.2 Å². The highest BCUT2D eigenvalue weighted by atomic mass is 16.5. The monoisotopic (exact) mass is 272 g/mol. The molecule has 0 atom stereocenters. The SMILES string of the molecule is COCc1ccccc1NC(=O)c1n[nH]c(C2CC2)n1. The van der Waals surface area contributed by atoms with Gasteiger partial charge >= 0.3 is 0 Å². The highest BCUT2D eigenvalue weighted by Crippen LogP contribution is 2.37. The molecular weight excluding hydrogens is 256 g/mol. The van der Waals surface area contributed by atoms with Crippen LogP contribution in [0.25, 0.3) is 0 Å². The number of para-hydroxylation sites is 1. The molecule has 104 valence electrons. The van der Waals surface area contributed by atoms with Gasteiger partial charge in [0.05, 0.1) is 6.61 Å². The lowest BCUT2D eigenvalue weighted by molar-refractivity contribution is 0.101. The third kappa shape index (κ3) is 2.70. The number of methoxy groups -OCH3 is 1. The summed E-state index contributed by atoms with van der Waals surface area (Å²) in [5.41, 5.74) is 1.64. The van der Waals surface area contributed by atoms with E-state index in [1.54, 1.807) is 7.11 Å². The minimum Gasteiger partial charge on any atom is -0.380 e. The molecule has 0 aliphatic heterocycles. The summed E-state index contributed by atoms with van der Waals surface area (Å²) in [6.45, 7) is 0.442. The van der Waals surface area contributed by atoms with Crippen LogP contribution in [0, 0.1) is 0 Å². The molecule has 1 aromatic carbocycles. The van der Waals surface area contributed by atoms with Crippen LogP contribution >= 0.6 is 0 Å². The Bertz CT molecular complexity index is 619. The Labute approximate surface area is 116 Å². The van der Waals surface area contributed by atoms with Crippen molar-refractivity contribution in [2.75, 3.05) is 12.4 Å². The molecule has 2 N–H and O–H groups in total. The van der Waals surface area contributed by atoms with Crippen molar-refractivity contribution in [3.63, 3.8) is 0 Å². The van der Waals surface area contributed by atoms with Crippen LogP contribution in [-0.4, -0.2) is 28.2 Å². The van der Waals surface area contributed by atoms with Gasteiger partial charge in [0.2, 0.25) is 5.82 Å². The first kappa shape index (κ1) is 12.8. The zero-order valence-electron chi connectivity index (χ0n) is 11.2. The molecule has 1 fully saturated rings. The van der Waals surface area contributed by atoms with E-state index in [4.69, 9.17) is 4.74 Å². The van der Waals surface area contributed by atoms with Crippen LogP contribution in [0.5, 0.6) is 0 Å². The molecule has 3 rings (SSSR count). The van der Waals surface area contributed by atoms with Crippen molar-refractivity contribution < 1.29 is 9.53 Å². The molecular formula is C14H16N4O2. The zero-order valence-corrected chi connectivity index (χ0v) is 11.2. The maximum atomic E-state index is 12.1. The van der Waals surface area contributed by atoms with Gasteiger partial charge in [-0.15, -0.1) is 5.10 Å². The van der Waals surface area contributed by atoms with E-state index in [0.717, 1.165) is 29.9 Å². The minimum absolute atomic E-state index is 0.180. The number of nitrogens with zero attached hydrogens (tertiary/aromatic N) is 2. The van der Waals surface area contributed by atoms with E-state index in [2.05, 4.69) is 20.5 Å². The Morgan fingerprint density at radius 2 is 2.25 bits per heavy atom. The first-order valence-electron chi connectivity index (χ1n) is 6.58. The Morgan fingerprint density at radius 1 is 1.45 bits per heavy atom. The van der Waals surface area contributed by atoms with E-state index in [0.29, 0.717) is 12.5 Å². The number of hydrogen-bond acceptors (Lipinski definition) is 4. The molecule has 1 heterocycles.